The minimum absolute atomic E-state index is 0. The molecule has 3 unspecified atom stereocenters. The molecule has 3 atom stereocenters. The van der Waals surface area contributed by atoms with Gasteiger partial charge in [0.1, 0.15) is 17.3 Å². The van der Waals surface area contributed by atoms with Crippen LogP contribution in [0.4, 0.5) is 18.9 Å². The zero-order valence-electron chi connectivity index (χ0n) is 16.7. The molecule has 0 aromatic heterocycles. The minimum Gasteiger partial charge on any atom is -0.481 e. The summed E-state index contributed by atoms with van der Waals surface area (Å²) < 4.78 is 43.7. The summed E-state index contributed by atoms with van der Waals surface area (Å²) in [6.07, 6.45) is -2.45. The van der Waals surface area contributed by atoms with Gasteiger partial charge in [0.2, 0.25) is 0 Å². The van der Waals surface area contributed by atoms with Crippen LogP contribution < -0.4 is 21.1 Å². The minimum atomic E-state index is -4.91. The Morgan fingerprint density at radius 2 is 2.07 bits per heavy atom. The smallest absolute Gasteiger partial charge is 0.471 e. The summed E-state index contributed by atoms with van der Waals surface area (Å²) in [4.78, 5) is 15.8. The van der Waals surface area contributed by atoms with E-state index in [1.807, 2.05) is 26.0 Å². The van der Waals surface area contributed by atoms with E-state index in [0.717, 1.165) is 30.4 Å². The van der Waals surface area contributed by atoms with E-state index in [1.165, 1.54) is 0 Å². The largest absolute Gasteiger partial charge is 0.481 e. The molecule has 30 heavy (non-hydrogen) atoms. The van der Waals surface area contributed by atoms with Gasteiger partial charge in [0.15, 0.2) is 6.10 Å². The van der Waals surface area contributed by atoms with Gasteiger partial charge in [-0.15, -0.1) is 24.8 Å². The molecule has 1 aliphatic carbocycles. The van der Waals surface area contributed by atoms with E-state index in [4.69, 9.17) is 10.5 Å². The molecule has 0 radical (unpaired) electrons. The van der Waals surface area contributed by atoms with Crippen molar-refractivity contribution >= 4 is 42.2 Å². The third kappa shape index (κ3) is 5.92. The molecule has 4 N–H and O–H groups in total. The Morgan fingerprint density at radius 1 is 1.37 bits per heavy atom. The van der Waals surface area contributed by atoms with Crippen LogP contribution in [0, 0.1) is 0 Å². The number of halogens is 5. The number of carbonyl (C=O) groups is 1. The molecule has 170 valence electrons. The first-order valence-corrected chi connectivity index (χ1v) is 9.50. The Morgan fingerprint density at radius 3 is 2.70 bits per heavy atom. The van der Waals surface area contributed by atoms with Crippen molar-refractivity contribution in [1.82, 2.24) is 10.6 Å². The monoisotopic (exact) mass is 470 g/mol. The Kier molecular flexibility index (Phi) is 9.25. The molecule has 11 heteroatoms. The van der Waals surface area contributed by atoms with Crippen molar-refractivity contribution in [2.24, 2.45) is 10.7 Å². The zero-order chi connectivity index (χ0) is 20.5. The first-order valence-electron chi connectivity index (χ1n) is 9.50. The highest BCUT2D eigenvalue weighted by Gasteiger charge is 2.40. The van der Waals surface area contributed by atoms with Gasteiger partial charge in [-0.05, 0) is 55.9 Å². The van der Waals surface area contributed by atoms with Crippen LogP contribution in [0.25, 0.3) is 0 Å². The van der Waals surface area contributed by atoms with Crippen molar-refractivity contribution in [3.8, 4) is 5.75 Å². The number of alkyl halides is 3. The molecule has 1 aromatic carbocycles. The first-order chi connectivity index (χ1) is 13.2. The Labute approximate surface area is 186 Å². The maximum Gasteiger partial charge on any atom is 0.471 e. The maximum atomic E-state index is 12.6. The summed E-state index contributed by atoms with van der Waals surface area (Å²) in [5.41, 5.74) is 8.53. The van der Waals surface area contributed by atoms with Crippen LogP contribution in [-0.4, -0.2) is 30.2 Å². The van der Waals surface area contributed by atoms with E-state index in [1.54, 1.807) is 0 Å². The number of rotatable bonds is 5. The van der Waals surface area contributed by atoms with Crippen LogP contribution in [0.1, 0.15) is 56.7 Å². The average molecular weight is 471 g/mol. The summed E-state index contributed by atoms with van der Waals surface area (Å²) in [5, 5.41) is 5.25. The van der Waals surface area contributed by atoms with Gasteiger partial charge >= 0.3 is 12.1 Å². The van der Waals surface area contributed by atoms with Crippen LogP contribution in [0.2, 0.25) is 0 Å². The highest BCUT2D eigenvalue weighted by atomic mass is 35.5. The molecule has 1 amide bonds. The number of nitrogens with zero attached hydrogens (tertiary/aromatic N) is 1. The fraction of sp³-hybridized carbons (Fsp3) is 0.579. The van der Waals surface area contributed by atoms with Crippen LogP contribution in [0.15, 0.2) is 17.1 Å². The van der Waals surface area contributed by atoms with E-state index in [2.05, 4.69) is 15.6 Å². The molecule has 1 heterocycles. The van der Waals surface area contributed by atoms with Crippen molar-refractivity contribution in [3.63, 3.8) is 0 Å². The molecule has 0 spiro atoms. The Bertz CT molecular complexity index is 790. The topological polar surface area (TPSA) is 88.7 Å². The first kappa shape index (κ1) is 26.3. The van der Waals surface area contributed by atoms with Gasteiger partial charge in [-0.25, -0.2) is 4.99 Å². The molecular formula is C19H27Cl2F3N4O2. The summed E-state index contributed by atoms with van der Waals surface area (Å²) in [5.74, 6) is -0.884. The lowest BCUT2D eigenvalue weighted by Crippen LogP contribution is -2.51. The van der Waals surface area contributed by atoms with E-state index in [-0.39, 0.29) is 37.0 Å². The van der Waals surface area contributed by atoms with Gasteiger partial charge in [-0.1, -0.05) is 13.3 Å². The van der Waals surface area contributed by atoms with Crippen molar-refractivity contribution < 1.29 is 22.7 Å². The van der Waals surface area contributed by atoms with E-state index in [0.29, 0.717) is 30.1 Å². The maximum absolute atomic E-state index is 12.6. The van der Waals surface area contributed by atoms with Gasteiger partial charge in [0.25, 0.3) is 0 Å². The zero-order valence-corrected chi connectivity index (χ0v) is 18.3. The van der Waals surface area contributed by atoms with Crippen LogP contribution in [-0.2, 0) is 11.2 Å². The standard InChI is InChI=1S/C19H25F3N4O2.2ClH/c1-3-5-16(26-18(27)19(20,21)22)24-13-7-4-6-11-8-15-14(9-12(11)13)25-17(23)10(2)28-15;;/h8-10,13,16,24H,3-7H2,1-2H3,(H2,23,25)(H,26,27);2*1H. The third-order valence-corrected chi connectivity index (χ3v) is 5.05. The Hall–Kier alpha value is -1.71. The molecule has 6 nitrogen and oxygen atoms in total. The SMILES string of the molecule is CCCC(NC(=O)C(F)(F)F)NC1CCCc2cc3c(cc21)N=C(N)C(C)O3.Cl.Cl. The molecule has 2 aliphatic rings. The number of fused-ring (bicyclic) bond motifs is 2. The molecule has 0 saturated heterocycles. The molecular weight excluding hydrogens is 444 g/mol. The molecule has 0 bridgehead atoms. The number of amidine groups is 1. The average Bonchev–Trinajstić information content (AvgIpc) is 2.61. The van der Waals surface area contributed by atoms with Crippen LogP contribution in [0.3, 0.4) is 0 Å². The van der Waals surface area contributed by atoms with E-state index < -0.39 is 18.2 Å². The van der Waals surface area contributed by atoms with Crippen molar-refractivity contribution in [3.05, 3.63) is 23.3 Å². The number of hydrogen-bond donors (Lipinski definition) is 3. The summed E-state index contributed by atoms with van der Waals surface area (Å²) in [6.45, 7) is 3.68. The van der Waals surface area contributed by atoms with Gasteiger partial charge in [-0.3, -0.25) is 10.1 Å². The lowest BCUT2D eigenvalue weighted by molar-refractivity contribution is -0.174. The predicted octanol–water partition coefficient (Wildman–Crippen LogP) is 4.07. The van der Waals surface area contributed by atoms with E-state index in [9.17, 15) is 18.0 Å². The molecule has 1 aliphatic heterocycles. The number of amides is 1. The summed E-state index contributed by atoms with van der Waals surface area (Å²) in [6, 6.07) is 3.64. The van der Waals surface area contributed by atoms with E-state index >= 15 is 0 Å². The second kappa shape index (κ2) is 10.5. The highest BCUT2D eigenvalue weighted by molar-refractivity contribution is 5.90. The predicted molar refractivity (Wildman–Crippen MR) is 114 cm³/mol. The molecule has 0 fully saturated rings. The number of aliphatic imine (C=N–C) groups is 1. The number of ether oxygens (including phenoxy) is 1. The fourth-order valence-electron chi connectivity index (χ4n) is 3.62. The third-order valence-electron chi connectivity index (χ3n) is 5.05. The highest BCUT2D eigenvalue weighted by Crippen LogP contribution is 2.40. The van der Waals surface area contributed by atoms with Crippen molar-refractivity contribution in [2.45, 2.75) is 70.4 Å². The number of aryl methyl sites for hydroxylation is 1. The van der Waals surface area contributed by atoms with Gasteiger partial charge in [0, 0.05) is 6.04 Å². The summed E-state index contributed by atoms with van der Waals surface area (Å²) >= 11 is 0. The second-order valence-electron chi connectivity index (χ2n) is 7.24. The number of carbonyl (C=O) groups excluding carboxylic acids is 1. The number of hydrogen-bond acceptors (Lipinski definition) is 5. The number of benzene rings is 1. The van der Waals surface area contributed by atoms with Gasteiger partial charge < -0.3 is 15.8 Å². The fourth-order valence-corrected chi connectivity index (χ4v) is 3.62. The van der Waals surface area contributed by atoms with Crippen molar-refractivity contribution in [1.29, 1.82) is 0 Å². The Balaban J connectivity index is 0.00000225. The molecule has 3 rings (SSSR count). The van der Waals surface area contributed by atoms with Crippen molar-refractivity contribution in [2.75, 3.05) is 0 Å². The lowest BCUT2D eigenvalue weighted by Gasteiger charge is -2.32. The van der Waals surface area contributed by atoms with Crippen LogP contribution >= 0.6 is 24.8 Å². The lowest BCUT2D eigenvalue weighted by atomic mass is 9.86. The number of nitrogens with two attached hydrogens (primary N) is 1. The van der Waals surface area contributed by atoms with Gasteiger partial charge in [0.05, 0.1) is 6.17 Å². The molecule has 1 aromatic rings. The van der Waals surface area contributed by atoms with Gasteiger partial charge in [-0.2, -0.15) is 13.2 Å². The second-order valence-corrected chi connectivity index (χ2v) is 7.24. The normalized spacial score (nSPS) is 20.9. The molecule has 0 saturated carbocycles. The van der Waals surface area contributed by atoms with Crippen LogP contribution in [0.5, 0.6) is 5.75 Å². The quantitative estimate of drug-likeness (QED) is 0.565. The number of nitrogens with one attached hydrogen (secondary N) is 2. The summed E-state index contributed by atoms with van der Waals surface area (Å²) in [7, 11) is 0.